The van der Waals surface area contributed by atoms with Gasteiger partial charge in [-0.1, -0.05) is 25.0 Å². The molecule has 0 bridgehead atoms. The molecule has 1 aromatic carbocycles. The molecule has 2 rings (SSSR count). The molecule has 1 N–H and O–H groups in total. The van der Waals surface area contributed by atoms with Crippen molar-refractivity contribution in [2.24, 2.45) is 0 Å². The number of likely N-dealkylation sites (tertiary alicyclic amines) is 1. The van der Waals surface area contributed by atoms with Crippen LogP contribution in [0, 0.1) is 12.3 Å². The van der Waals surface area contributed by atoms with Gasteiger partial charge in [0.25, 0.3) is 0 Å². The lowest BCUT2D eigenvalue weighted by Gasteiger charge is -2.31. The van der Waals surface area contributed by atoms with Crippen molar-refractivity contribution in [3.63, 3.8) is 0 Å². The van der Waals surface area contributed by atoms with Crippen molar-refractivity contribution in [3.8, 4) is 12.3 Å². The Bertz CT molecular complexity index is 411. The van der Waals surface area contributed by atoms with Gasteiger partial charge in [0.05, 0.1) is 6.54 Å². The minimum atomic E-state index is 0.589. The fourth-order valence-electron chi connectivity index (χ4n) is 2.48. The Hall–Kier alpha value is -1.46. The molecule has 1 aliphatic rings. The minimum Gasteiger partial charge on any atom is -0.382 e. The first-order valence-corrected chi connectivity index (χ1v) is 6.83. The lowest BCUT2D eigenvalue weighted by atomic mass is 10.0. The van der Waals surface area contributed by atoms with E-state index in [1.807, 2.05) is 0 Å². The molecule has 1 aliphatic heterocycles. The molecule has 0 aromatic heterocycles. The van der Waals surface area contributed by atoms with Crippen molar-refractivity contribution in [1.29, 1.82) is 0 Å². The number of rotatable bonds is 4. The largest absolute Gasteiger partial charge is 0.382 e. The van der Waals surface area contributed by atoms with Crippen LogP contribution in [0.2, 0.25) is 0 Å². The molecule has 1 aromatic rings. The van der Waals surface area contributed by atoms with E-state index in [-0.39, 0.29) is 0 Å². The molecular formula is C16H22N2. The molecule has 0 radical (unpaired) electrons. The zero-order chi connectivity index (χ0) is 12.8. The Morgan fingerprint density at radius 2 is 2.17 bits per heavy atom. The van der Waals surface area contributed by atoms with E-state index in [1.54, 1.807) is 0 Å². The molecule has 0 spiro atoms. The van der Waals surface area contributed by atoms with Crippen molar-refractivity contribution in [1.82, 2.24) is 4.90 Å². The van der Waals surface area contributed by atoms with Gasteiger partial charge in [-0.05, 0) is 37.0 Å². The zero-order valence-corrected chi connectivity index (χ0v) is 11.2. The van der Waals surface area contributed by atoms with Gasteiger partial charge in [-0.2, -0.15) is 0 Å². The van der Waals surface area contributed by atoms with Crippen LogP contribution in [0.5, 0.6) is 0 Å². The first-order valence-electron chi connectivity index (χ1n) is 6.83. The summed E-state index contributed by atoms with van der Waals surface area (Å²) >= 11 is 0. The Balaban J connectivity index is 1.86. The maximum absolute atomic E-state index is 5.34. The third-order valence-corrected chi connectivity index (χ3v) is 3.61. The smallest absolute Gasteiger partial charge is 0.0598 e. The molecule has 0 amide bonds. The van der Waals surface area contributed by atoms with Crippen LogP contribution in [-0.2, 0) is 6.42 Å². The van der Waals surface area contributed by atoms with Gasteiger partial charge in [-0.25, -0.2) is 0 Å². The SMILES string of the molecule is C#CCN1CCC(Nc2cccc(CC)c2)CC1. The van der Waals surface area contributed by atoms with E-state index in [9.17, 15) is 0 Å². The first-order chi connectivity index (χ1) is 8.81. The standard InChI is InChI=1S/C16H22N2/c1-3-10-18-11-8-15(9-12-18)17-16-7-5-6-14(4-2)13-16/h1,5-7,13,15,17H,4,8-12H2,2H3. The third-order valence-electron chi connectivity index (χ3n) is 3.61. The predicted octanol–water partition coefficient (Wildman–Crippen LogP) is 2.76. The summed E-state index contributed by atoms with van der Waals surface area (Å²) in [5, 5.41) is 3.64. The van der Waals surface area contributed by atoms with Crippen LogP contribution in [0.3, 0.4) is 0 Å². The highest BCUT2D eigenvalue weighted by atomic mass is 15.1. The van der Waals surface area contributed by atoms with Gasteiger partial charge < -0.3 is 5.32 Å². The first kappa shape index (κ1) is 13.0. The lowest BCUT2D eigenvalue weighted by molar-refractivity contribution is 0.243. The predicted molar refractivity (Wildman–Crippen MR) is 77.7 cm³/mol. The Labute approximate surface area is 110 Å². The molecule has 1 heterocycles. The summed E-state index contributed by atoms with van der Waals surface area (Å²) < 4.78 is 0. The maximum atomic E-state index is 5.34. The highest BCUT2D eigenvalue weighted by molar-refractivity contribution is 5.46. The van der Waals surface area contributed by atoms with E-state index >= 15 is 0 Å². The number of hydrogen-bond acceptors (Lipinski definition) is 2. The van der Waals surface area contributed by atoms with Gasteiger partial charge in [0, 0.05) is 24.8 Å². The average molecular weight is 242 g/mol. The Morgan fingerprint density at radius 1 is 1.39 bits per heavy atom. The minimum absolute atomic E-state index is 0.589. The molecular weight excluding hydrogens is 220 g/mol. The number of nitrogens with zero attached hydrogens (tertiary/aromatic N) is 1. The second-order valence-corrected chi connectivity index (χ2v) is 4.95. The fraction of sp³-hybridized carbons (Fsp3) is 0.500. The van der Waals surface area contributed by atoms with Crippen molar-refractivity contribution < 1.29 is 0 Å². The highest BCUT2D eigenvalue weighted by Gasteiger charge is 2.18. The number of piperidine rings is 1. The van der Waals surface area contributed by atoms with E-state index in [0.717, 1.165) is 26.1 Å². The number of nitrogens with one attached hydrogen (secondary N) is 1. The molecule has 1 saturated heterocycles. The second-order valence-electron chi connectivity index (χ2n) is 4.95. The number of terminal acetylenes is 1. The van der Waals surface area contributed by atoms with Gasteiger partial charge in [0.15, 0.2) is 0 Å². The van der Waals surface area contributed by atoms with Crippen LogP contribution < -0.4 is 5.32 Å². The summed E-state index contributed by atoms with van der Waals surface area (Å²) in [6.45, 7) is 5.19. The maximum Gasteiger partial charge on any atom is 0.0598 e. The molecule has 0 unspecified atom stereocenters. The van der Waals surface area contributed by atoms with Gasteiger partial charge in [-0.3, -0.25) is 4.90 Å². The quantitative estimate of drug-likeness (QED) is 0.817. The lowest BCUT2D eigenvalue weighted by Crippen LogP contribution is -2.39. The molecule has 0 aliphatic carbocycles. The summed E-state index contributed by atoms with van der Waals surface area (Å²) in [7, 11) is 0. The van der Waals surface area contributed by atoms with Crippen LogP contribution in [0.25, 0.3) is 0 Å². The van der Waals surface area contributed by atoms with Crippen LogP contribution in [0.1, 0.15) is 25.3 Å². The van der Waals surface area contributed by atoms with Crippen LogP contribution in [-0.4, -0.2) is 30.6 Å². The van der Waals surface area contributed by atoms with E-state index in [4.69, 9.17) is 6.42 Å². The van der Waals surface area contributed by atoms with E-state index in [1.165, 1.54) is 24.1 Å². The second kappa shape index (κ2) is 6.47. The van der Waals surface area contributed by atoms with Crippen molar-refractivity contribution in [3.05, 3.63) is 29.8 Å². The summed E-state index contributed by atoms with van der Waals surface area (Å²) in [6, 6.07) is 9.32. The Morgan fingerprint density at radius 3 is 2.83 bits per heavy atom. The molecule has 2 nitrogen and oxygen atoms in total. The molecule has 96 valence electrons. The Kier molecular flexibility index (Phi) is 4.66. The van der Waals surface area contributed by atoms with Crippen LogP contribution in [0.15, 0.2) is 24.3 Å². The number of anilines is 1. The van der Waals surface area contributed by atoms with Crippen LogP contribution in [0.4, 0.5) is 5.69 Å². The third kappa shape index (κ3) is 3.51. The molecule has 0 saturated carbocycles. The van der Waals surface area contributed by atoms with Crippen LogP contribution >= 0.6 is 0 Å². The normalized spacial score (nSPS) is 17.3. The summed E-state index contributed by atoms with van der Waals surface area (Å²) in [5.41, 5.74) is 2.65. The van der Waals surface area contributed by atoms with Gasteiger partial charge >= 0.3 is 0 Å². The van der Waals surface area contributed by atoms with E-state index in [2.05, 4.69) is 47.3 Å². The van der Waals surface area contributed by atoms with Crippen molar-refractivity contribution in [2.75, 3.05) is 25.0 Å². The molecule has 18 heavy (non-hydrogen) atoms. The fourth-order valence-corrected chi connectivity index (χ4v) is 2.48. The van der Waals surface area contributed by atoms with Gasteiger partial charge in [0.2, 0.25) is 0 Å². The van der Waals surface area contributed by atoms with E-state index in [0.29, 0.717) is 6.04 Å². The van der Waals surface area contributed by atoms with Gasteiger partial charge in [-0.15, -0.1) is 6.42 Å². The summed E-state index contributed by atoms with van der Waals surface area (Å²) in [6.07, 6.45) is 8.79. The summed E-state index contributed by atoms with van der Waals surface area (Å²) in [4.78, 5) is 2.35. The van der Waals surface area contributed by atoms with E-state index < -0.39 is 0 Å². The number of aryl methyl sites for hydroxylation is 1. The molecule has 1 fully saturated rings. The topological polar surface area (TPSA) is 15.3 Å². The summed E-state index contributed by atoms with van der Waals surface area (Å²) in [5.74, 6) is 2.72. The van der Waals surface area contributed by atoms with Gasteiger partial charge in [0.1, 0.15) is 0 Å². The molecule has 0 atom stereocenters. The van der Waals surface area contributed by atoms with Crippen molar-refractivity contribution >= 4 is 5.69 Å². The highest BCUT2D eigenvalue weighted by Crippen LogP contribution is 2.17. The van der Waals surface area contributed by atoms with Crippen molar-refractivity contribution in [2.45, 2.75) is 32.2 Å². The number of hydrogen-bond donors (Lipinski definition) is 1. The molecule has 2 heteroatoms. The zero-order valence-electron chi connectivity index (χ0n) is 11.2. The average Bonchev–Trinajstić information content (AvgIpc) is 2.42. The monoisotopic (exact) mass is 242 g/mol. The number of benzene rings is 1.